The van der Waals surface area contributed by atoms with Crippen LogP contribution in [0.4, 0.5) is 5.69 Å². The zero-order valence-corrected chi connectivity index (χ0v) is 11.9. The summed E-state index contributed by atoms with van der Waals surface area (Å²) in [5.74, 6) is -0.426. The summed E-state index contributed by atoms with van der Waals surface area (Å²) in [6, 6.07) is 10.6. The Kier molecular flexibility index (Phi) is 4.90. The van der Waals surface area contributed by atoms with Gasteiger partial charge in [-0.2, -0.15) is 0 Å². The topological polar surface area (TPSA) is 55.4 Å². The maximum atomic E-state index is 11.8. The standard InChI is InChI=1S/C15H15NO3S/c1-19-15(18)11-4-6-12(7-5-11)16-14(17)9-8-13-3-2-10-20-13/h2-7,10H,8-9H2,1H3,(H,16,17). The number of ether oxygens (including phenoxy) is 1. The first-order valence-electron chi connectivity index (χ1n) is 6.19. The second-order valence-corrected chi connectivity index (χ2v) is 5.23. The predicted octanol–water partition coefficient (Wildman–Crippen LogP) is 3.11. The summed E-state index contributed by atoms with van der Waals surface area (Å²) in [5, 5.41) is 4.80. The summed E-state index contributed by atoms with van der Waals surface area (Å²) in [4.78, 5) is 24.3. The molecule has 0 atom stereocenters. The van der Waals surface area contributed by atoms with Crippen molar-refractivity contribution in [3.8, 4) is 0 Å². The highest BCUT2D eigenvalue weighted by molar-refractivity contribution is 7.09. The first-order chi connectivity index (χ1) is 9.69. The second kappa shape index (κ2) is 6.86. The maximum Gasteiger partial charge on any atom is 0.337 e. The van der Waals surface area contributed by atoms with E-state index in [4.69, 9.17) is 0 Å². The fourth-order valence-corrected chi connectivity index (χ4v) is 2.43. The lowest BCUT2D eigenvalue weighted by Crippen LogP contribution is -2.12. The Morgan fingerprint density at radius 3 is 2.55 bits per heavy atom. The number of rotatable bonds is 5. The summed E-state index contributed by atoms with van der Waals surface area (Å²) >= 11 is 1.65. The number of thiophene rings is 1. The van der Waals surface area contributed by atoms with Gasteiger partial charge < -0.3 is 10.1 Å². The molecule has 4 nitrogen and oxygen atoms in total. The molecule has 0 aliphatic rings. The van der Waals surface area contributed by atoms with Gasteiger partial charge in [0.25, 0.3) is 0 Å². The number of hydrogen-bond donors (Lipinski definition) is 1. The first kappa shape index (κ1) is 14.3. The fourth-order valence-electron chi connectivity index (χ4n) is 1.72. The molecule has 0 fully saturated rings. The highest BCUT2D eigenvalue weighted by Crippen LogP contribution is 2.13. The van der Waals surface area contributed by atoms with Crippen molar-refractivity contribution in [1.82, 2.24) is 0 Å². The van der Waals surface area contributed by atoms with Gasteiger partial charge in [0.05, 0.1) is 12.7 Å². The zero-order chi connectivity index (χ0) is 14.4. The van der Waals surface area contributed by atoms with Crippen molar-refractivity contribution in [2.75, 3.05) is 12.4 Å². The highest BCUT2D eigenvalue weighted by atomic mass is 32.1. The number of carbonyl (C=O) groups is 2. The van der Waals surface area contributed by atoms with Gasteiger partial charge in [0.15, 0.2) is 0 Å². The molecule has 0 bridgehead atoms. The fraction of sp³-hybridized carbons (Fsp3) is 0.200. The normalized spacial score (nSPS) is 10.1. The van der Waals surface area contributed by atoms with Crippen LogP contribution >= 0.6 is 11.3 Å². The number of benzene rings is 1. The van der Waals surface area contributed by atoms with Crippen LogP contribution in [0, 0.1) is 0 Å². The summed E-state index contributed by atoms with van der Waals surface area (Å²) in [6.07, 6.45) is 1.18. The van der Waals surface area contributed by atoms with Crippen LogP contribution in [0.3, 0.4) is 0 Å². The van der Waals surface area contributed by atoms with Crippen LogP contribution in [0.25, 0.3) is 0 Å². The molecule has 0 saturated carbocycles. The van der Waals surface area contributed by atoms with Crippen molar-refractivity contribution in [2.24, 2.45) is 0 Å². The zero-order valence-electron chi connectivity index (χ0n) is 11.1. The number of hydrogen-bond acceptors (Lipinski definition) is 4. The van der Waals surface area contributed by atoms with Crippen LogP contribution in [0.5, 0.6) is 0 Å². The molecule has 20 heavy (non-hydrogen) atoms. The molecule has 2 aromatic rings. The molecule has 1 N–H and O–H groups in total. The van der Waals surface area contributed by atoms with E-state index < -0.39 is 0 Å². The van der Waals surface area contributed by atoms with E-state index in [9.17, 15) is 9.59 Å². The molecule has 1 aromatic carbocycles. The van der Waals surface area contributed by atoms with Gasteiger partial charge in [-0.3, -0.25) is 4.79 Å². The van der Waals surface area contributed by atoms with Crippen LogP contribution < -0.4 is 5.32 Å². The molecule has 0 spiro atoms. The largest absolute Gasteiger partial charge is 0.465 e. The Morgan fingerprint density at radius 2 is 1.95 bits per heavy atom. The molecule has 5 heteroatoms. The molecule has 2 rings (SSSR count). The third-order valence-corrected chi connectivity index (χ3v) is 3.70. The molecular weight excluding hydrogens is 274 g/mol. The third kappa shape index (κ3) is 3.93. The van der Waals surface area contributed by atoms with Crippen LogP contribution in [0.15, 0.2) is 41.8 Å². The van der Waals surface area contributed by atoms with E-state index in [1.807, 2.05) is 17.5 Å². The lowest BCUT2D eigenvalue weighted by molar-refractivity contribution is -0.116. The molecule has 1 amide bonds. The molecule has 0 unspecified atom stereocenters. The van der Waals surface area contributed by atoms with Crippen LogP contribution in [-0.4, -0.2) is 19.0 Å². The summed E-state index contributed by atoms with van der Waals surface area (Å²) < 4.78 is 4.61. The molecule has 0 aliphatic carbocycles. The Labute approximate surface area is 121 Å². The molecule has 1 aromatic heterocycles. The highest BCUT2D eigenvalue weighted by Gasteiger charge is 2.06. The van der Waals surface area contributed by atoms with E-state index in [1.54, 1.807) is 35.6 Å². The Morgan fingerprint density at radius 1 is 1.20 bits per heavy atom. The number of anilines is 1. The Hall–Kier alpha value is -2.14. The van der Waals surface area contributed by atoms with Crippen LogP contribution in [0.2, 0.25) is 0 Å². The van der Waals surface area contributed by atoms with Crippen molar-refractivity contribution < 1.29 is 14.3 Å². The maximum absolute atomic E-state index is 11.8. The van der Waals surface area contributed by atoms with E-state index in [0.717, 1.165) is 6.42 Å². The van der Waals surface area contributed by atoms with Gasteiger partial charge in [-0.05, 0) is 42.1 Å². The minimum atomic E-state index is -0.388. The van der Waals surface area contributed by atoms with Crippen LogP contribution in [0.1, 0.15) is 21.7 Å². The summed E-state index contributed by atoms with van der Waals surface area (Å²) in [5.41, 5.74) is 1.14. The molecule has 1 heterocycles. The lowest BCUT2D eigenvalue weighted by Gasteiger charge is -2.05. The number of aryl methyl sites for hydroxylation is 1. The van der Waals surface area contributed by atoms with Gasteiger partial charge in [0, 0.05) is 17.0 Å². The monoisotopic (exact) mass is 289 g/mol. The van der Waals surface area contributed by atoms with E-state index >= 15 is 0 Å². The SMILES string of the molecule is COC(=O)c1ccc(NC(=O)CCc2cccs2)cc1. The van der Waals surface area contributed by atoms with E-state index in [2.05, 4.69) is 10.1 Å². The van der Waals surface area contributed by atoms with Crippen LogP contribution in [-0.2, 0) is 16.0 Å². The number of esters is 1. The average Bonchev–Trinajstić information content (AvgIpc) is 2.98. The summed E-state index contributed by atoms with van der Waals surface area (Å²) in [6.45, 7) is 0. The van der Waals surface area contributed by atoms with Gasteiger partial charge in [0.2, 0.25) is 5.91 Å². The molecule has 0 radical (unpaired) electrons. The molecular formula is C15H15NO3S. The average molecular weight is 289 g/mol. The van der Waals surface area contributed by atoms with Gasteiger partial charge in [-0.25, -0.2) is 4.79 Å². The summed E-state index contributed by atoms with van der Waals surface area (Å²) in [7, 11) is 1.34. The van der Waals surface area contributed by atoms with Crippen molar-refractivity contribution >= 4 is 28.9 Å². The minimum Gasteiger partial charge on any atom is -0.465 e. The second-order valence-electron chi connectivity index (χ2n) is 4.20. The van der Waals surface area contributed by atoms with Crippen molar-refractivity contribution in [1.29, 1.82) is 0 Å². The van der Waals surface area contributed by atoms with Crippen molar-refractivity contribution in [3.63, 3.8) is 0 Å². The molecule has 0 aliphatic heterocycles. The Bertz CT molecular complexity index is 576. The number of methoxy groups -OCH3 is 1. The van der Waals surface area contributed by atoms with Gasteiger partial charge in [0.1, 0.15) is 0 Å². The van der Waals surface area contributed by atoms with E-state index in [1.165, 1.54) is 12.0 Å². The molecule has 104 valence electrons. The first-order valence-corrected chi connectivity index (χ1v) is 7.07. The van der Waals surface area contributed by atoms with E-state index in [0.29, 0.717) is 17.7 Å². The third-order valence-electron chi connectivity index (χ3n) is 2.77. The smallest absolute Gasteiger partial charge is 0.337 e. The number of carbonyl (C=O) groups excluding carboxylic acids is 2. The predicted molar refractivity (Wildman–Crippen MR) is 79.1 cm³/mol. The van der Waals surface area contributed by atoms with Gasteiger partial charge in [-0.1, -0.05) is 6.07 Å². The van der Waals surface area contributed by atoms with Crippen molar-refractivity contribution in [3.05, 3.63) is 52.2 Å². The minimum absolute atomic E-state index is 0.0378. The van der Waals surface area contributed by atoms with Crippen molar-refractivity contribution in [2.45, 2.75) is 12.8 Å². The van der Waals surface area contributed by atoms with Gasteiger partial charge >= 0.3 is 5.97 Å². The van der Waals surface area contributed by atoms with Gasteiger partial charge in [-0.15, -0.1) is 11.3 Å². The number of amides is 1. The Balaban J connectivity index is 1.86. The molecule has 0 saturated heterocycles. The quantitative estimate of drug-likeness (QED) is 0.860. The van der Waals surface area contributed by atoms with E-state index in [-0.39, 0.29) is 11.9 Å². The number of nitrogens with one attached hydrogen (secondary N) is 1. The lowest BCUT2D eigenvalue weighted by atomic mass is 10.2.